The Labute approximate surface area is 211 Å². The molecule has 0 aromatic heterocycles. The second-order valence-corrected chi connectivity index (χ2v) is 11.2. The van der Waals surface area contributed by atoms with Crippen molar-refractivity contribution in [3.05, 3.63) is 69.7 Å². The molecule has 0 amide bonds. The fourth-order valence-electron chi connectivity index (χ4n) is 5.06. The van der Waals surface area contributed by atoms with E-state index in [0.29, 0.717) is 16.5 Å². The number of aliphatic hydroxyl groups is 2. The second-order valence-electron chi connectivity index (χ2n) is 10.3. The molecule has 2 aromatic rings. The summed E-state index contributed by atoms with van der Waals surface area (Å²) in [5.41, 5.74) is 0.417. The van der Waals surface area contributed by atoms with Crippen molar-refractivity contribution in [2.45, 2.75) is 69.6 Å². The highest BCUT2D eigenvalue weighted by Crippen LogP contribution is 2.51. The number of carbonyl (C=O) groups is 1. The average Bonchev–Trinajstić information content (AvgIpc) is 3.11. The standard InChI is InChI=1S/C27H32Cl2N2O3/c1-26(2,3)14-23-27(16-30,18-7-9-19(28)10-8-18)24(17-5-4-6-20(29)13-17)25(31-23)22(34)12-11-21(33)15-32/h4-10,13,21,23-25,31-33H,11-12,14-15H2,1-3H3/t21-,23+,24+,25+,27+/m0/s1. The van der Waals surface area contributed by atoms with Crippen molar-refractivity contribution in [2.75, 3.05) is 6.61 Å². The molecule has 0 bridgehead atoms. The van der Waals surface area contributed by atoms with Gasteiger partial charge in [0, 0.05) is 28.4 Å². The molecule has 1 fully saturated rings. The molecule has 1 saturated heterocycles. The molecule has 5 atom stereocenters. The summed E-state index contributed by atoms with van der Waals surface area (Å²) in [6.07, 6.45) is -0.0676. The number of carbonyl (C=O) groups excluding carboxylic acids is 1. The minimum atomic E-state index is -1.06. The van der Waals surface area contributed by atoms with Crippen molar-refractivity contribution in [3.8, 4) is 6.07 Å². The first kappa shape index (κ1) is 26.7. The molecule has 182 valence electrons. The first-order chi connectivity index (χ1) is 16.0. The first-order valence-corrected chi connectivity index (χ1v) is 12.3. The molecule has 0 saturated carbocycles. The van der Waals surface area contributed by atoms with E-state index in [1.807, 2.05) is 30.3 Å². The fourth-order valence-corrected chi connectivity index (χ4v) is 5.39. The smallest absolute Gasteiger partial charge is 0.150 e. The van der Waals surface area contributed by atoms with E-state index in [-0.39, 0.29) is 30.1 Å². The zero-order chi connectivity index (χ0) is 25.1. The van der Waals surface area contributed by atoms with Gasteiger partial charge < -0.3 is 15.5 Å². The zero-order valence-electron chi connectivity index (χ0n) is 19.8. The third-order valence-electron chi connectivity index (χ3n) is 6.57. The number of Topliss-reactive ketones (excluding diaryl/α,β-unsaturated/α-hetero) is 1. The molecule has 2 aromatic carbocycles. The molecule has 0 spiro atoms. The van der Waals surface area contributed by atoms with Gasteiger partial charge in [-0.3, -0.25) is 4.79 Å². The Balaban J connectivity index is 2.19. The van der Waals surface area contributed by atoms with Gasteiger partial charge in [0.1, 0.15) is 5.41 Å². The van der Waals surface area contributed by atoms with Gasteiger partial charge in [-0.15, -0.1) is 0 Å². The molecule has 0 aliphatic carbocycles. The highest BCUT2D eigenvalue weighted by molar-refractivity contribution is 6.30. The Morgan fingerprint density at radius 1 is 1.18 bits per heavy atom. The molecule has 3 rings (SSSR count). The topological polar surface area (TPSA) is 93.3 Å². The molecule has 1 heterocycles. The van der Waals surface area contributed by atoms with Crippen LogP contribution in [0.4, 0.5) is 0 Å². The van der Waals surface area contributed by atoms with Gasteiger partial charge in [0.15, 0.2) is 5.78 Å². The van der Waals surface area contributed by atoms with Crippen LogP contribution in [0.2, 0.25) is 10.0 Å². The van der Waals surface area contributed by atoms with Crippen LogP contribution in [-0.4, -0.2) is 40.8 Å². The monoisotopic (exact) mass is 502 g/mol. The van der Waals surface area contributed by atoms with E-state index in [1.165, 1.54) is 0 Å². The summed E-state index contributed by atoms with van der Waals surface area (Å²) in [6, 6.07) is 16.2. The molecule has 0 radical (unpaired) electrons. The van der Waals surface area contributed by atoms with Crippen molar-refractivity contribution in [3.63, 3.8) is 0 Å². The average molecular weight is 503 g/mol. The number of benzene rings is 2. The lowest BCUT2D eigenvalue weighted by atomic mass is 9.62. The summed E-state index contributed by atoms with van der Waals surface area (Å²) in [7, 11) is 0. The second kappa shape index (κ2) is 10.8. The number of ketones is 1. The van der Waals surface area contributed by atoms with Crippen LogP contribution in [0, 0.1) is 16.7 Å². The number of nitriles is 1. The molecule has 34 heavy (non-hydrogen) atoms. The molecular formula is C27H32Cl2N2O3. The highest BCUT2D eigenvalue weighted by atomic mass is 35.5. The highest BCUT2D eigenvalue weighted by Gasteiger charge is 2.59. The molecule has 5 nitrogen and oxygen atoms in total. The number of hydrogen-bond donors (Lipinski definition) is 3. The third-order valence-corrected chi connectivity index (χ3v) is 7.05. The molecule has 0 unspecified atom stereocenters. The molecule has 7 heteroatoms. The zero-order valence-corrected chi connectivity index (χ0v) is 21.3. The van der Waals surface area contributed by atoms with Crippen LogP contribution in [0.3, 0.4) is 0 Å². The van der Waals surface area contributed by atoms with Crippen LogP contribution < -0.4 is 5.32 Å². The van der Waals surface area contributed by atoms with Gasteiger partial charge in [0.05, 0.1) is 24.8 Å². The van der Waals surface area contributed by atoms with Crippen LogP contribution in [0.15, 0.2) is 48.5 Å². The van der Waals surface area contributed by atoms with Crippen molar-refractivity contribution in [1.29, 1.82) is 5.26 Å². The van der Waals surface area contributed by atoms with E-state index in [1.54, 1.807) is 18.2 Å². The SMILES string of the molecule is CC(C)(C)C[C@H]1N[C@H](C(=O)CC[C@H](O)CO)[C@@H](c2cccc(Cl)c2)[C@]1(C#N)c1ccc(Cl)cc1. The molecule has 3 N–H and O–H groups in total. The van der Waals surface area contributed by atoms with Gasteiger partial charge in [-0.25, -0.2) is 0 Å². The summed E-state index contributed by atoms with van der Waals surface area (Å²) in [5, 5.41) is 34.5. The van der Waals surface area contributed by atoms with Gasteiger partial charge in [0.2, 0.25) is 0 Å². The van der Waals surface area contributed by atoms with Crippen LogP contribution in [-0.2, 0) is 10.2 Å². The van der Waals surface area contributed by atoms with Crippen LogP contribution in [0.25, 0.3) is 0 Å². The third kappa shape index (κ3) is 5.64. The lowest BCUT2D eigenvalue weighted by molar-refractivity contribution is -0.121. The first-order valence-electron chi connectivity index (χ1n) is 11.5. The van der Waals surface area contributed by atoms with Gasteiger partial charge in [-0.1, -0.05) is 68.2 Å². The molecule has 1 aliphatic heterocycles. The Morgan fingerprint density at radius 2 is 1.85 bits per heavy atom. The van der Waals surface area contributed by atoms with Gasteiger partial charge in [0.25, 0.3) is 0 Å². The van der Waals surface area contributed by atoms with Crippen LogP contribution in [0.5, 0.6) is 0 Å². The maximum Gasteiger partial charge on any atom is 0.150 e. The van der Waals surface area contributed by atoms with Gasteiger partial charge in [-0.2, -0.15) is 5.26 Å². The van der Waals surface area contributed by atoms with Crippen molar-refractivity contribution in [2.24, 2.45) is 5.41 Å². The minimum absolute atomic E-state index is 0.0842. The predicted molar refractivity (Wildman–Crippen MR) is 135 cm³/mol. The van der Waals surface area contributed by atoms with Gasteiger partial charge in [-0.05, 0) is 53.6 Å². The summed E-state index contributed by atoms with van der Waals surface area (Å²) in [5.74, 6) is -0.619. The molecular weight excluding hydrogens is 471 g/mol. The predicted octanol–water partition coefficient (Wildman–Crippen LogP) is 5.02. The quantitative estimate of drug-likeness (QED) is 0.471. The molecule has 1 aliphatic rings. The van der Waals surface area contributed by atoms with E-state index in [9.17, 15) is 20.3 Å². The van der Waals surface area contributed by atoms with Crippen LogP contribution >= 0.6 is 23.2 Å². The summed E-state index contributed by atoms with van der Waals surface area (Å²) >= 11 is 12.5. The number of rotatable bonds is 8. The lowest BCUT2D eigenvalue weighted by Gasteiger charge is -2.37. The van der Waals surface area contributed by atoms with Crippen molar-refractivity contribution in [1.82, 2.24) is 5.32 Å². The van der Waals surface area contributed by atoms with E-state index < -0.39 is 30.1 Å². The van der Waals surface area contributed by atoms with Crippen LogP contribution in [0.1, 0.15) is 57.1 Å². The fraction of sp³-hybridized carbons (Fsp3) is 0.481. The number of hydrogen-bond acceptors (Lipinski definition) is 5. The maximum absolute atomic E-state index is 13.5. The number of nitrogens with one attached hydrogen (secondary N) is 1. The van der Waals surface area contributed by atoms with Crippen molar-refractivity contribution < 1.29 is 15.0 Å². The van der Waals surface area contributed by atoms with E-state index >= 15 is 0 Å². The summed E-state index contributed by atoms with van der Waals surface area (Å²) in [4.78, 5) is 13.5. The lowest BCUT2D eigenvalue weighted by Crippen LogP contribution is -2.44. The van der Waals surface area contributed by atoms with Crippen molar-refractivity contribution >= 4 is 29.0 Å². The number of nitrogens with zero attached hydrogens (tertiary/aromatic N) is 1. The minimum Gasteiger partial charge on any atom is -0.394 e. The Hall–Kier alpha value is -1.94. The summed E-state index contributed by atoms with van der Waals surface area (Å²) in [6.45, 7) is 5.93. The van der Waals surface area contributed by atoms with E-state index in [0.717, 1.165) is 11.1 Å². The largest absolute Gasteiger partial charge is 0.394 e. The Bertz CT molecular complexity index is 1050. The van der Waals surface area contributed by atoms with E-state index in [4.69, 9.17) is 23.2 Å². The number of aliphatic hydroxyl groups excluding tert-OH is 2. The number of halogens is 2. The van der Waals surface area contributed by atoms with Gasteiger partial charge >= 0.3 is 0 Å². The normalized spacial score (nSPS) is 25.6. The summed E-state index contributed by atoms with van der Waals surface area (Å²) < 4.78 is 0. The Kier molecular flexibility index (Phi) is 8.44. The Morgan fingerprint density at radius 3 is 2.41 bits per heavy atom. The maximum atomic E-state index is 13.5. The van der Waals surface area contributed by atoms with E-state index in [2.05, 4.69) is 32.2 Å².